The number of halogens is 1. The summed E-state index contributed by atoms with van der Waals surface area (Å²) in [6.07, 6.45) is 2.34. The van der Waals surface area contributed by atoms with E-state index >= 15 is 0 Å². The molecule has 1 heterocycles. The van der Waals surface area contributed by atoms with Crippen molar-refractivity contribution in [2.24, 2.45) is 0 Å². The molecule has 1 aromatic rings. The van der Waals surface area contributed by atoms with Gasteiger partial charge in [0.15, 0.2) is 0 Å². The van der Waals surface area contributed by atoms with Crippen LogP contribution < -0.4 is 5.32 Å². The van der Waals surface area contributed by atoms with Crippen LogP contribution in [-0.2, 0) is 0 Å². The molecule has 1 aliphatic rings. The van der Waals surface area contributed by atoms with Gasteiger partial charge in [0.1, 0.15) is 5.75 Å². The molecule has 1 aliphatic heterocycles. The number of phenols is 1. The third-order valence-electron chi connectivity index (χ3n) is 2.72. The minimum absolute atomic E-state index is 0.190. The summed E-state index contributed by atoms with van der Waals surface area (Å²) >= 11 is 5.89. The van der Waals surface area contributed by atoms with E-state index in [1.807, 2.05) is 13.0 Å². The predicted octanol–water partition coefficient (Wildman–Crippen LogP) is 2.78. The average molecular weight is 212 g/mol. The van der Waals surface area contributed by atoms with Crippen molar-refractivity contribution in [3.8, 4) is 5.75 Å². The predicted molar refractivity (Wildman–Crippen MR) is 57.8 cm³/mol. The molecule has 0 aromatic heterocycles. The summed E-state index contributed by atoms with van der Waals surface area (Å²) < 4.78 is 0. The van der Waals surface area contributed by atoms with Crippen molar-refractivity contribution in [3.63, 3.8) is 0 Å². The standard InChI is InChI=1S/C11H14ClNO/c1-7-5-8(6-10(14)11(7)12)9-3-2-4-13-9/h5-6,9,13-14H,2-4H2,1H3. The van der Waals surface area contributed by atoms with Crippen molar-refractivity contribution in [3.05, 3.63) is 28.3 Å². The second kappa shape index (κ2) is 3.79. The van der Waals surface area contributed by atoms with Crippen LogP contribution in [0.4, 0.5) is 0 Å². The SMILES string of the molecule is Cc1cc(C2CCCN2)cc(O)c1Cl. The number of nitrogens with one attached hydrogen (secondary N) is 1. The van der Waals surface area contributed by atoms with Gasteiger partial charge in [0.2, 0.25) is 0 Å². The second-order valence-electron chi connectivity index (χ2n) is 3.82. The van der Waals surface area contributed by atoms with Crippen molar-refractivity contribution in [2.45, 2.75) is 25.8 Å². The number of hydrogen-bond donors (Lipinski definition) is 2. The largest absolute Gasteiger partial charge is 0.506 e. The van der Waals surface area contributed by atoms with Crippen LogP contribution in [-0.4, -0.2) is 11.7 Å². The Labute approximate surface area is 88.9 Å². The Hall–Kier alpha value is -0.730. The number of phenolic OH excluding ortho intramolecular Hbond substituents is 1. The third-order valence-corrected chi connectivity index (χ3v) is 3.21. The molecule has 14 heavy (non-hydrogen) atoms. The molecule has 1 atom stereocenters. The van der Waals surface area contributed by atoms with Gasteiger partial charge in [-0.2, -0.15) is 0 Å². The van der Waals surface area contributed by atoms with Gasteiger partial charge in [0.25, 0.3) is 0 Å². The minimum Gasteiger partial charge on any atom is -0.506 e. The first kappa shape index (κ1) is 9.81. The Bertz CT molecular complexity index is 322. The molecule has 3 heteroatoms. The summed E-state index contributed by atoms with van der Waals surface area (Å²) in [6.45, 7) is 2.98. The first-order chi connectivity index (χ1) is 6.68. The van der Waals surface area contributed by atoms with Crippen molar-refractivity contribution >= 4 is 11.6 Å². The van der Waals surface area contributed by atoms with Crippen LogP contribution in [0.2, 0.25) is 5.02 Å². The lowest BCUT2D eigenvalue weighted by Gasteiger charge is -2.13. The van der Waals surface area contributed by atoms with Crippen LogP contribution in [0.15, 0.2) is 12.1 Å². The van der Waals surface area contributed by atoms with Crippen LogP contribution >= 0.6 is 11.6 Å². The Morgan fingerprint density at radius 1 is 1.50 bits per heavy atom. The second-order valence-corrected chi connectivity index (χ2v) is 4.20. The van der Waals surface area contributed by atoms with Gasteiger partial charge in [0.05, 0.1) is 5.02 Å². The Balaban J connectivity index is 2.34. The van der Waals surface area contributed by atoms with Crippen molar-refractivity contribution < 1.29 is 5.11 Å². The van der Waals surface area contributed by atoms with Crippen molar-refractivity contribution in [1.29, 1.82) is 0 Å². The van der Waals surface area contributed by atoms with E-state index in [1.165, 1.54) is 6.42 Å². The summed E-state index contributed by atoms with van der Waals surface area (Å²) in [7, 11) is 0. The molecule has 76 valence electrons. The van der Waals surface area contributed by atoms with E-state index in [0.717, 1.165) is 24.1 Å². The number of rotatable bonds is 1. The van der Waals surface area contributed by atoms with Crippen LogP contribution in [0, 0.1) is 6.92 Å². The fraction of sp³-hybridized carbons (Fsp3) is 0.455. The molecule has 0 amide bonds. The number of aryl methyl sites for hydroxylation is 1. The summed E-state index contributed by atoms with van der Waals surface area (Å²) in [5, 5.41) is 13.4. The van der Waals surface area contributed by atoms with Crippen molar-refractivity contribution in [2.75, 3.05) is 6.54 Å². The first-order valence-electron chi connectivity index (χ1n) is 4.91. The maximum absolute atomic E-state index is 9.58. The van der Waals surface area contributed by atoms with Crippen molar-refractivity contribution in [1.82, 2.24) is 5.32 Å². The highest BCUT2D eigenvalue weighted by molar-refractivity contribution is 6.32. The van der Waals surface area contributed by atoms with E-state index in [9.17, 15) is 5.11 Å². The normalized spacial score (nSPS) is 21.4. The first-order valence-corrected chi connectivity index (χ1v) is 5.28. The van der Waals surface area contributed by atoms with E-state index in [0.29, 0.717) is 11.1 Å². The summed E-state index contributed by atoms with van der Waals surface area (Å²) in [6, 6.07) is 4.19. The molecule has 0 bridgehead atoms. The molecule has 0 saturated carbocycles. The van der Waals surface area contributed by atoms with E-state index in [-0.39, 0.29) is 5.75 Å². The van der Waals surface area contributed by atoms with E-state index in [4.69, 9.17) is 11.6 Å². The van der Waals surface area contributed by atoms with Crippen LogP contribution in [0.1, 0.15) is 30.0 Å². The molecule has 0 spiro atoms. The number of hydrogen-bond acceptors (Lipinski definition) is 2. The molecule has 2 rings (SSSR count). The smallest absolute Gasteiger partial charge is 0.134 e. The number of benzene rings is 1. The summed E-state index contributed by atoms with van der Waals surface area (Å²) in [5.41, 5.74) is 2.08. The van der Waals surface area contributed by atoms with E-state index < -0.39 is 0 Å². The highest BCUT2D eigenvalue weighted by Gasteiger charge is 2.17. The van der Waals surface area contributed by atoms with Crippen LogP contribution in [0.3, 0.4) is 0 Å². The molecule has 0 aliphatic carbocycles. The maximum atomic E-state index is 9.58. The molecule has 2 nitrogen and oxygen atoms in total. The Morgan fingerprint density at radius 2 is 2.29 bits per heavy atom. The Morgan fingerprint density at radius 3 is 2.86 bits per heavy atom. The highest BCUT2D eigenvalue weighted by Crippen LogP contribution is 2.32. The summed E-state index contributed by atoms with van der Waals surface area (Å²) in [5.74, 6) is 0.190. The topological polar surface area (TPSA) is 32.3 Å². The minimum atomic E-state index is 0.190. The number of aromatic hydroxyl groups is 1. The molecular formula is C11H14ClNO. The highest BCUT2D eigenvalue weighted by atomic mass is 35.5. The molecule has 1 fully saturated rings. The monoisotopic (exact) mass is 211 g/mol. The van der Waals surface area contributed by atoms with Gasteiger partial charge in [-0.15, -0.1) is 0 Å². The van der Waals surface area contributed by atoms with Gasteiger partial charge in [-0.1, -0.05) is 17.7 Å². The van der Waals surface area contributed by atoms with Crippen LogP contribution in [0.5, 0.6) is 5.75 Å². The molecule has 1 saturated heterocycles. The molecule has 1 unspecified atom stereocenters. The quantitative estimate of drug-likeness (QED) is 0.749. The third kappa shape index (κ3) is 1.72. The zero-order chi connectivity index (χ0) is 10.1. The molecular weight excluding hydrogens is 198 g/mol. The van der Waals surface area contributed by atoms with E-state index in [1.54, 1.807) is 6.07 Å². The van der Waals surface area contributed by atoms with Gasteiger partial charge < -0.3 is 10.4 Å². The zero-order valence-electron chi connectivity index (χ0n) is 8.18. The van der Waals surface area contributed by atoms with Gasteiger partial charge in [-0.3, -0.25) is 0 Å². The zero-order valence-corrected chi connectivity index (χ0v) is 8.93. The lowest BCUT2D eigenvalue weighted by molar-refractivity contribution is 0.472. The average Bonchev–Trinajstić information content (AvgIpc) is 2.66. The molecule has 1 aromatic carbocycles. The fourth-order valence-electron chi connectivity index (χ4n) is 1.95. The lowest BCUT2D eigenvalue weighted by Crippen LogP contribution is -2.12. The maximum Gasteiger partial charge on any atom is 0.134 e. The lowest BCUT2D eigenvalue weighted by atomic mass is 10.0. The van der Waals surface area contributed by atoms with Crippen LogP contribution in [0.25, 0.3) is 0 Å². The van der Waals surface area contributed by atoms with Gasteiger partial charge >= 0.3 is 0 Å². The molecule has 0 radical (unpaired) electrons. The fourth-order valence-corrected chi connectivity index (χ4v) is 2.06. The van der Waals surface area contributed by atoms with Gasteiger partial charge in [-0.05, 0) is 43.5 Å². The summed E-state index contributed by atoms with van der Waals surface area (Å²) in [4.78, 5) is 0. The van der Waals surface area contributed by atoms with E-state index in [2.05, 4.69) is 5.32 Å². The van der Waals surface area contributed by atoms with Gasteiger partial charge in [-0.25, -0.2) is 0 Å². The molecule has 2 N–H and O–H groups in total. The Kier molecular flexibility index (Phi) is 2.66. The van der Waals surface area contributed by atoms with Gasteiger partial charge in [0, 0.05) is 6.04 Å².